The van der Waals surface area contributed by atoms with Crippen LogP contribution in [0.5, 0.6) is 0 Å². The first-order valence-corrected chi connectivity index (χ1v) is 3.92. The molecular formula is C8H14N2O. The van der Waals surface area contributed by atoms with Crippen molar-refractivity contribution in [2.75, 3.05) is 6.61 Å². The van der Waals surface area contributed by atoms with Crippen LogP contribution in [0.15, 0.2) is 0 Å². The number of nitriles is 1. The fraction of sp³-hybridized carbons (Fsp3) is 0.750. The van der Waals surface area contributed by atoms with Crippen molar-refractivity contribution in [3.63, 3.8) is 0 Å². The first-order chi connectivity index (χ1) is 5.31. The van der Waals surface area contributed by atoms with Gasteiger partial charge in [0, 0.05) is 0 Å². The number of nitrogens with one attached hydrogen (secondary N) is 1. The van der Waals surface area contributed by atoms with Crippen molar-refractivity contribution in [3.05, 3.63) is 0 Å². The van der Waals surface area contributed by atoms with Gasteiger partial charge >= 0.3 is 0 Å². The van der Waals surface area contributed by atoms with E-state index in [1.807, 2.05) is 0 Å². The van der Waals surface area contributed by atoms with Gasteiger partial charge in [-0.25, -0.2) is 0 Å². The van der Waals surface area contributed by atoms with Crippen molar-refractivity contribution in [2.24, 2.45) is 0 Å². The van der Waals surface area contributed by atoms with Gasteiger partial charge in [-0.05, 0) is 6.42 Å². The molecular weight excluding hydrogens is 140 g/mol. The van der Waals surface area contributed by atoms with Crippen molar-refractivity contribution in [3.8, 4) is 6.07 Å². The maximum absolute atomic E-state index is 8.14. The normalized spacial score (nSPS) is 8.73. The molecule has 0 saturated heterocycles. The highest BCUT2D eigenvalue weighted by Gasteiger charge is 1.92. The van der Waals surface area contributed by atoms with Crippen LogP contribution in [-0.2, 0) is 4.74 Å². The van der Waals surface area contributed by atoms with Crippen LogP contribution in [-0.4, -0.2) is 12.5 Å². The van der Waals surface area contributed by atoms with Gasteiger partial charge in [0.2, 0.25) is 0 Å². The summed E-state index contributed by atoms with van der Waals surface area (Å²) >= 11 is 0. The highest BCUT2D eigenvalue weighted by molar-refractivity contribution is 5.88. The number of hydrogen-bond acceptors (Lipinski definition) is 3. The van der Waals surface area contributed by atoms with Crippen LogP contribution in [0.1, 0.15) is 32.6 Å². The molecule has 0 unspecified atom stereocenters. The van der Waals surface area contributed by atoms with Gasteiger partial charge in [-0.15, -0.1) is 0 Å². The molecule has 1 N–H and O–H groups in total. The molecule has 0 saturated carbocycles. The average molecular weight is 154 g/mol. The van der Waals surface area contributed by atoms with E-state index in [0.29, 0.717) is 6.61 Å². The standard InChI is InChI=1S/C8H14N2O/c1-2-3-4-5-6-11-8(10)7-9/h10H,2-6H2,1H3. The highest BCUT2D eigenvalue weighted by Crippen LogP contribution is 1.98. The molecule has 0 aromatic carbocycles. The molecule has 3 heteroatoms. The summed E-state index contributed by atoms with van der Waals surface area (Å²) < 4.78 is 4.76. The highest BCUT2D eigenvalue weighted by atomic mass is 16.5. The summed E-state index contributed by atoms with van der Waals surface area (Å²) in [7, 11) is 0. The summed E-state index contributed by atoms with van der Waals surface area (Å²) in [5.74, 6) is -0.276. The van der Waals surface area contributed by atoms with E-state index in [0.717, 1.165) is 12.8 Å². The van der Waals surface area contributed by atoms with Crippen molar-refractivity contribution in [2.45, 2.75) is 32.6 Å². The summed E-state index contributed by atoms with van der Waals surface area (Å²) in [6.45, 7) is 2.64. The van der Waals surface area contributed by atoms with Crippen molar-refractivity contribution in [1.29, 1.82) is 10.7 Å². The smallest absolute Gasteiger partial charge is 0.287 e. The lowest BCUT2D eigenvalue weighted by Gasteiger charge is -1.99. The molecule has 3 nitrogen and oxygen atoms in total. The lowest BCUT2D eigenvalue weighted by atomic mass is 10.2. The Morgan fingerprint density at radius 2 is 2.18 bits per heavy atom. The molecule has 0 atom stereocenters. The van der Waals surface area contributed by atoms with E-state index < -0.39 is 0 Å². The summed E-state index contributed by atoms with van der Waals surface area (Å²) in [5, 5.41) is 15.0. The van der Waals surface area contributed by atoms with Crippen LogP contribution in [0.4, 0.5) is 0 Å². The molecule has 0 spiro atoms. The quantitative estimate of drug-likeness (QED) is 0.374. The summed E-state index contributed by atoms with van der Waals surface area (Å²) in [4.78, 5) is 0. The number of ether oxygens (including phenoxy) is 1. The lowest BCUT2D eigenvalue weighted by Crippen LogP contribution is -2.01. The minimum atomic E-state index is -0.276. The van der Waals surface area contributed by atoms with Crippen LogP contribution >= 0.6 is 0 Å². The molecule has 0 aromatic heterocycles. The van der Waals surface area contributed by atoms with Crippen LogP contribution in [0.3, 0.4) is 0 Å². The van der Waals surface area contributed by atoms with Gasteiger partial charge in [-0.3, -0.25) is 5.41 Å². The monoisotopic (exact) mass is 154 g/mol. The van der Waals surface area contributed by atoms with E-state index in [1.165, 1.54) is 12.8 Å². The Balaban J connectivity index is 3.03. The van der Waals surface area contributed by atoms with E-state index in [9.17, 15) is 0 Å². The molecule has 0 rings (SSSR count). The van der Waals surface area contributed by atoms with Gasteiger partial charge in [0.25, 0.3) is 5.90 Å². The fourth-order valence-corrected chi connectivity index (χ4v) is 0.735. The maximum atomic E-state index is 8.14. The molecule has 0 bridgehead atoms. The maximum Gasteiger partial charge on any atom is 0.287 e. The molecule has 11 heavy (non-hydrogen) atoms. The number of nitrogens with zero attached hydrogens (tertiary/aromatic N) is 1. The van der Waals surface area contributed by atoms with E-state index in [2.05, 4.69) is 6.92 Å². The Morgan fingerprint density at radius 3 is 2.73 bits per heavy atom. The fourth-order valence-electron chi connectivity index (χ4n) is 0.735. The molecule has 0 aliphatic carbocycles. The second-order valence-electron chi connectivity index (χ2n) is 2.35. The number of unbranched alkanes of at least 4 members (excludes halogenated alkanes) is 3. The van der Waals surface area contributed by atoms with Crippen LogP contribution in [0.25, 0.3) is 0 Å². The average Bonchev–Trinajstić information content (AvgIpc) is 2.04. The minimum Gasteiger partial charge on any atom is -0.470 e. The van der Waals surface area contributed by atoms with Gasteiger partial charge in [0.15, 0.2) is 6.07 Å². The Hall–Kier alpha value is -1.04. The van der Waals surface area contributed by atoms with Gasteiger partial charge in [-0.2, -0.15) is 5.26 Å². The van der Waals surface area contributed by atoms with E-state index in [4.69, 9.17) is 15.4 Å². The van der Waals surface area contributed by atoms with Gasteiger partial charge < -0.3 is 4.74 Å². The minimum absolute atomic E-state index is 0.276. The zero-order chi connectivity index (χ0) is 8.53. The third-order valence-corrected chi connectivity index (χ3v) is 1.35. The molecule has 0 aliphatic heterocycles. The summed E-state index contributed by atoms with van der Waals surface area (Å²) in [6, 6.07) is 1.62. The molecule has 0 aromatic rings. The Morgan fingerprint density at radius 1 is 1.45 bits per heavy atom. The number of rotatable bonds is 5. The Labute approximate surface area is 67.5 Å². The molecule has 0 fully saturated rings. The first kappa shape index (κ1) is 9.96. The Kier molecular flexibility index (Phi) is 6.40. The molecule has 62 valence electrons. The van der Waals surface area contributed by atoms with Crippen molar-refractivity contribution < 1.29 is 4.74 Å². The second-order valence-corrected chi connectivity index (χ2v) is 2.35. The van der Waals surface area contributed by atoms with Crippen LogP contribution in [0.2, 0.25) is 0 Å². The van der Waals surface area contributed by atoms with Crippen molar-refractivity contribution in [1.82, 2.24) is 0 Å². The summed E-state index contributed by atoms with van der Waals surface area (Å²) in [6.07, 6.45) is 4.45. The zero-order valence-electron chi connectivity index (χ0n) is 6.89. The summed E-state index contributed by atoms with van der Waals surface area (Å²) in [5.41, 5.74) is 0. The lowest BCUT2D eigenvalue weighted by molar-refractivity contribution is 0.294. The van der Waals surface area contributed by atoms with Gasteiger partial charge in [0.05, 0.1) is 6.61 Å². The third-order valence-electron chi connectivity index (χ3n) is 1.35. The molecule has 0 radical (unpaired) electrons. The molecule has 0 amide bonds. The number of hydrogen-bond donors (Lipinski definition) is 1. The topological polar surface area (TPSA) is 56.9 Å². The zero-order valence-corrected chi connectivity index (χ0v) is 6.89. The van der Waals surface area contributed by atoms with E-state index in [1.54, 1.807) is 6.07 Å². The van der Waals surface area contributed by atoms with Gasteiger partial charge in [-0.1, -0.05) is 26.2 Å². The third kappa shape index (κ3) is 6.85. The SMILES string of the molecule is CCCCCCOC(=N)C#N. The second kappa shape index (κ2) is 7.07. The van der Waals surface area contributed by atoms with Gasteiger partial charge in [0.1, 0.15) is 0 Å². The Bertz CT molecular complexity index is 149. The predicted octanol–water partition coefficient (Wildman–Crippen LogP) is 2.08. The van der Waals surface area contributed by atoms with Crippen LogP contribution < -0.4 is 0 Å². The van der Waals surface area contributed by atoms with Crippen molar-refractivity contribution >= 4 is 5.90 Å². The van der Waals surface area contributed by atoms with E-state index in [-0.39, 0.29) is 5.90 Å². The predicted molar refractivity (Wildman–Crippen MR) is 43.4 cm³/mol. The largest absolute Gasteiger partial charge is 0.470 e. The molecule has 0 aliphatic rings. The first-order valence-electron chi connectivity index (χ1n) is 3.92. The van der Waals surface area contributed by atoms with Crippen LogP contribution in [0, 0.1) is 16.7 Å². The molecule has 0 heterocycles. The van der Waals surface area contributed by atoms with E-state index >= 15 is 0 Å².